The van der Waals surface area contributed by atoms with Gasteiger partial charge in [0.05, 0.1) is 13.7 Å². The lowest BCUT2D eigenvalue weighted by Crippen LogP contribution is -2.52. The summed E-state index contributed by atoms with van der Waals surface area (Å²) in [5.74, 6) is 1.02. The molecule has 5 nitrogen and oxygen atoms in total. The molecule has 2 saturated heterocycles. The maximum Gasteiger partial charge on any atom is 0.253 e. The summed E-state index contributed by atoms with van der Waals surface area (Å²) in [5, 5.41) is 0. The molecule has 1 atom stereocenters. The van der Waals surface area contributed by atoms with Crippen molar-refractivity contribution >= 4 is 5.91 Å². The van der Waals surface area contributed by atoms with Gasteiger partial charge in [-0.05, 0) is 36.2 Å². The van der Waals surface area contributed by atoms with Gasteiger partial charge in [0.15, 0.2) is 0 Å². The van der Waals surface area contributed by atoms with Crippen LogP contribution in [0.15, 0.2) is 54.6 Å². The molecule has 1 amide bonds. The number of hydrogen-bond donors (Lipinski definition) is 0. The normalized spacial score (nSPS) is 23.0. The van der Waals surface area contributed by atoms with Gasteiger partial charge in [0.25, 0.3) is 5.91 Å². The van der Waals surface area contributed by atoms with Crippen molar-refractivity contribution in [3.63, 3.8) is 0 Å². The third-order valence-electron chi connectivity index (χ3n) is 5.99. The zero-order valence-corrected chi connectivity index (χ0v) is 16.5. The van der Waals surface area contributed by atoms with Crippen LogP contribution in [0.3, 0.4) is 0 Å². The number of benzene rings is 2. The van der Waals surface area contributed by atoms with Crippen LogP contribution in [0.2, 0.25) is 0 Å². The molecule has 2 fully saturated rings. The first-order chi connectivity index (χ1) is 13.7. The molecule has 1 unspecified atom stereocenters. The second kappa shape index (κ2) is 8.33. The number of hydrogen-bond acceptors (Lipinski definition) is 4. The van der Waals surface area contributed by atoms with Crippen LogP contribution in [-0.2, 0) is 10.2 Å². The Morgan fingerprint density at radius 3 is 2.54 bits per heavy atom. The zero-order valence-electron chi connectivity index (χ0n) is 16.5. The van der Waals surface area contributed by atoms with E-state index < -0.39 is 0 Å². The van der Waals surface area contributed by atoms with Gasteiger partial charge in [-0.1, -0.05) is 30.3 Å². The van der Waals surface area contributed by atoms with E-state index in [9.17, 15) is 4.79 Å². The molecular weight excluding hydrogens is 352 g/mol. The number of nitrogens with zero attached hydrogens (tertiary/aromatic N) is 2. The Labute approximate surface area is 166 Å². The molecule has 0 saturated carbocycles. The van der Waals surface area contributed by atoms with Crippen LogP contribution in [0.1, 0.15) is 22.3 Å². The first kappa shape index (κ1) is 19.0. The van der Waals surface area contributed by atoms with Crippen molar-refractivity contribution in [2.75, 3.05) is 53.0 Å². The van der Waals surface area contributed by atoms with E-state index >= 15 is 0 Å². The highest BCUT2D eigenvalue weighted by molar-refractivity contribution is 5.94. The van der Waals surface area contributed by atoms with E-state index in [2.05, 4.69) is 23.1 Å². The molecule has 2 aliphatic rings. The summed E-state index contributed by atoms with van der Waals surface area (Å²) in [5.41, 5.74) is 2.06. The molecule has 0 bridgehead atoms. The van der Waals surface area contributed by atoms with Gasteiger partial charge >= 0.3 is 0 Å². The largest absolute Gasteiger partial charge is 0.497 e. The molecule has 0 aromatic heterocycles. The van der Waals surface area contributed by atoms with Crippen molar-refractivity contribution < 1.29 is 14.3 Å². The van der Waals surface area contributed by atoms with Crippen molar-refractivity contribution in [2.45, 2.75) is 11.8 Å². The number of carbonyl (C=O) groups excluding carboxylic acids is 1. The van der Waals surface area contributed by atoms with Crippen molar-refractivity contribution in [1.82, 2.24) is 9.80 Å². The number of amides is 1. The van der Waals surface area contributed by atoms with E-state index in [4.69, 9.17) is 9.47 Å². The summed E-state index contributed by atoms with van der Waals surface area (Å²) in [7, 11) is 1.71. The summed E-state index contributed by atoms with van der Waals surface area (Å²) < 4.78 is 11.2. The Bertz CT molecular complexity index is 795. The molecule has 5 heteroatoms. The van der Waals surface area contributed by atoms with E-state index in [0.717, 1.165) is 63.7 Å². The fourth-order valence-corrected chi connectivity index (χ4v) is 4.30. The number of piperazine rings is 1. The molecule has 0 radical (unpaired) electrons. The number of methoxy groups -OCH3 is 1. The van der Waals surface area contributed by atoms with E-state index in [1.165, 1.54) is 5.56 Å². The van der Waals surface area contributed by atoms with Crippen LogP contribution in [0.5, 0.6) is 5.75 Å². The second-order valence-electron chi connectivity index (χ2n) is 7.75. The lowest BCUT2D eigenvalue weighted by atomic mass is 9.79. The molecule has 0 spiro atoms. The van der Waals surface area contributed by atoms with E-state index in [1.807, 2.05) is 41.3 Å². The van der Waals surface area contributed by atoms with Crippen LogP contribution in [0.25, 0.3) is 0 Å². The SMILES string of the molecule is COc1cccc(C2(CN3CCN(C(=O)c4ccccc4)CC3)CCOC2)c1. The minimum Gasteiger partial charge on any atom is -0.497 e. The highest BCUT2D eigenvalue weighted by atomic mass is 16.5. The molecule has 2 aliphatic heterocycles. The number of rotatable bonds is 5. The Morgan fingerprint density at radius 1 is 1.07 bits per heavy atom. The van der Waals surface area contributed by atoms with Crippen molar-refractivity contribution in [2.24, 2.45) is 0 Å². The topological polar surface area (TPSA) is 42.0 Å². The molecule has 2 heterocycles. The molecule has 2 aromatic carbocycles. The first-order valence-electron chi connectivity index (χ1n) is 9.99. The Kier molecular flexibility index (Phi) is 5.64. The summed E-state index contributed by atoms with van der Waals surface area (Å²) in [6, 6.07) is 17.9. The lowest BCUT2D eigenvalue weighted by Gasteiger charge is -2.40. The molecule has 148 valence electrons. The molecule has 28 heavy (non-hydrogen) atoms. The highest BCUT2D eigenvalue weighted by Crippen LogP contribution is 2.36. The predicted octanol–water partition coefficient (Wildman–Crippen LogP) is 2.81. The standard InChI is InChI=1S/C23H28N2O3/c1-27-21-9-5-8-20(16-21)23(10-15-28-18-23)17-24-11-13-25(14-12-24)22(26)19-6-3-2-4-7-19/h2-9,16H,10-15,17-18H2,1H3. The maximum absolute atomic E-state index is 12.7. The van der Waals surface area contributed by atoms with Crippen LogP contribution in [0, 0.1) is 0 Å². The molecule has 2 aromatic rings. The number of carbonyl (C=O) groups is 1. The van der Waals surface area contributed by atoms with Gasteiger partial charge in [0.2, 0.25) is 0 Å². The number of ether oxygens (including phenoxy) is 2. The Balaban J connectivity index is 1.42. The van der Waals surface area contributed by atoms with Gasteiger partial charge in [-0.2, -0.15) is 0 Å². The van der Waals surface area contributed by atoms with Crippen LogP contribution < -0.4 is 4.74 Å². The van der Waals surface area contributed by atoms with Gasteiger partial charge in [0.1, 0.15) is 5.75 Å². The smallest absolute Gasteiger partial charge is 0.253 e. The Hall–Kier alpha value is -2.37. The van der Waals surface area contributed by atoms with Crippen LogP contribution in [0.4, 0.5) is 0 Å². The first-order valence-corrected chi connectivity index (χ1v) is 9.99. The maximum atomic E-state index is 12.7. The third-order valence-corrected chi connectivity index (χ3v) is 5.99. The molecule has 4 rings (SSSR count). The van der Waals surface area contributed by atoms with Crippen molar-refractivity contribution in [3.8, 4) is 5.75 Å². The molecule has 0 N–H and O–H groups in total. The molecule has 0 aliphatic carbocycles. The minimum absolute atomic E-state index is 0.000148. The highest BCUT2D eigenvalue weighted by Gasteiger charge is 2.39. The summed E-state index contributed by atoms with van der Waals surface area (Å²) >= 11 is 0. The molecular formula is C23H28N2O3. The van der Waals surface area contributed by atoms with E-state index in [-0.39, 0.29) is 11.3 Å². The van der Waals surface area contributed by atoms with E-state index in [1.54, 1.807) is 7.11 Å². The van der Waals surface area contributed by atoms with Gasteiger partial charge in [-0.25, -0.2) is 0 Å². The zero-order chi connectivity index (χ0) is 19.4. The van der Waals surface area contributed by atoms with Crippen molar-refractivity contribution in [1.29, 1.82) is 0 Å². The second-order valence-corrected chi connectivity index (χ2v) is 7.75. The van der Waals surface area contributed by atoms with Gasteiger partial charge < -0.3 is 14.4 Å². The average molecular weight is 380 g/mol. The fourth-order valence-electron chi connectivity index (χ4n) is 4.30. The third kappa shape index (κ3) is 3.91. The predicted molar refractivity (Wildman–Crippen MR) is 109 cm³/mol. The van der Waals surface area contributed by atoms with Gasteiger partial charge in [-0.3, -0.25) is 9.69 Å². The summed E-state index contributed by atoms with van der Waals surface area (Å²) in [4.78, 5) is 17.1. The van der Waals surface area contributed by atoms with Crippen molar-refractivity contribution in [3.05, 3.63) is 65.7 Å². The van der Waals surface area contributed by atoms with Gasteiger partial charge in [0, 0.05) is 50.3 Å². The quantitative estimate of drug-likeness (QED) is 0.800. The average Bonchev–Trinajstić information content (AvgIpc) is 3.24. The summed E-state index contributed by atoms with van der Waals surface area (Å²) in [6.07, 6.45) is 1.02. The lowest BCUT2D eigenvalue weighted by molar-refractivity contribution is 0.0593. The van der Waals surface area contributed by atoms with Gasteiger partial charge in [-0.15, -0.1) is 0 Å². The van der Waals surface area contributed by atoms with E-state index in [0.29, 0.717) is 0 Å². The van der Waals surface area contributed by atoms with Crippen LogP contribution >= 0.6 is 0 Å². The van der Waals surface area contributed by atoms with Crippen LogP contribution in [-0.4, -0.2) is 68.8 Å². The Morgan fingerprint density at radius 2 is 1.86 bits per heavy atom. The minimum atomic E-state index is 0.000148. The summed E-state index contributed by atoms with van der Waals surface area (Å²) in [6.45, 7) is 5.81. The monoisotopic (exact) mass is 380 g/mol. The fraction of sp³-hybridized carbons (Fsp3) is 0.435.